The predicted octanol–water partition coefficient (Wildman–Crippen LogP) is 2.80. The van der Waals surface area contributed by atoms with E-state index in [1.807, 2.05) is 37.0 Å². The van der Waals surface area contributed by atoms with E-state index in [2.05, 4.69) is 44.9 Å². The van der Waals surface area contributed by atoms with Crippen molar-refractivity contribution in [1.82, 2.24) is 20.2 Å². The van der Waals surface area contributed by atoms with Gasteiger partial charge < -0.3 is 24.7 Å². The van der Waals surface area contributed by atoms with E-state index in [9.17, 15) is 5.11 Å². The summed E-state index contributed by atoms with van der Waals surface area (Å²) in [5, 5.41) is 17.1. The van der Waals surface area contributed by atoms with Crippen LogP contribution in [-0.2, 0) is 18.7 Å². The van der Waals surface area contributed by atoms with Crippen LogP contribution in [0.15, 0.2) is 64.5 Å². The molecule has 7 nitrogen and oxygen atoms in total. The first-order chi connectivity index (χ1) is 14.0. The third-order valence-electron chi connectivity index (χ3n) is 4.58. The molecule has 3 aromatic rings. The fourth-order valence-electron chi connectivity index (χ4n) is 2.92. The molecule has 1 unspecified atom stereocenters. The van der Waals surface area contributed by atoms with Crippen LogP contribution in [0, 0.1) is 6.92 Å². The van der Waals surface area contributed by atoms with Crippen LogP contribution in [-0.4, -0.2) is 33.7 Å². The Kier molecular flexibility index (Phi) is 6.72. The molecule has 0 saturated carbocycles. The first-order valence-corrected chi connectivity index (χ1v) is 9.81. The quantitative estimate of drug-likeness (QED) is 0.403. The van der Waals surface area contributed by atoms with Gasteiger partial charge in [0.15, 0.2) is 5.96 Å². The lowest BCUT2D eigenvalue weighted by Gasteiger charge is -2.22. The Balaban J connectivity index is 1.58. The molecule has 154 valence electrons. The highest BCUT2D eigenvalue weighted by molar-refractivity contribution is 5.79. The van der Waals surface area contributed by atoms with Crippen molar-refractivity contribution in [3.05, 3.63) is 77.8 Å². The van der Waals surface area contributed by atoms with E-state index in [1.54, 1.807) is 19.2 Å². The minimum Gasteiger partial charge on any atom is -0.463 e. The summed E-state index contributed by atoms with van der Waals surface area (Å²) >= 11 is 0. The molecule has 0 amide bonds. The van der Waals surface area contributed by atoms with Gasteiger partial charge in [0.1, 0.15) is 17.1 Å². The Labute approximate surface area is 171 Å². The molecule has 0 saturated heterocycles. The number of hydrogen-bond acceptors (Lipinski definition) is 4. The van der Waals surface area contributed by atoms with Crippen LogP contribution in [0.2, 0.25) is 0 Å². The molecular weight excluding hydrogens is 366 g/mol. The zero-order valence-corrected chi connectivity index (χ0v) is 17.2. The van der Waals surface area contributed by atoms with Crippen LogP contribution < -0.4 is 10.6 Å². The van der Waals surface area contributed by atoms with Gasteiger partial charge in [-0.15, -0.1) is 0 Å². The van der Waals surface area contributed by atoms with Crippen molar-refractivity contribution in [2.45, 2.75) is 39.5 Å². The number of aliphatic hydroxyl groups is 1. The first-order valence-electron chi connectivity index (χ1n) is 9.81. The van der Waals surface area contributed by atoms with Gasteiger partial charge in [0, 0.05) is 25.5 Å². The third kappa shape index (κ3) is 5.96. The Morgan fingerprint density at radius 3 is 2.55 bits per heavy atom. The Morgan fingerprint density at radius 2 is 1.93 bits per heavy atom. The number of nitrogens with zero attached hydrogens (tertiary/aromatic N) is 3. The summed E-state index contributed by atoms with van der Waals surface area (Å²) in [5.74, 6) is 1.96. The van der Waals surface area contributed by atoms with Crippen LogP contribution >= 0.6 is 0 Å². The fourth-order valence-corrected chi connectivity index (χ4v) is 2.92. The minimum atomic E-state index is -1.13. The summed E-state index contributed by atoms with van der Waals surface area (Å²) in [4.78, 5) is 8.69. The van der Waals surface area contributed by atoms with Gasteiger partial charge in [-0.1, -0.05) is 24.3 Å². The molecular formula is C22H29N5O2. The van der Waals surface area contributed by atoms with Crippen molar-refractivity contribution >= 4 is 5.96 Å². The summed E-state index contributed by atoms with van der Waals surface area (Å²) in [5.41, 5.74) is 1.20. The van der Waals surface area contributed by atoms with Crippen LogP contribution in [0.1, 0.15) is 36.5 Å². The number of aliphatic imine (C=N–C) groups is 1. The zero-order chi connectivity index (χ0) is 20.7. The second-order valence-corrected chi connectivity index (χ2v) is 7.28. The van der Waals surface area contributed by atoms with Gasteiger partial charge in [-0.2, -0.15) is 0 Å². The molecule has 0 aliphatic rings. The molecule has 3 N–H and O–H groups in total. The van der Waals surface area contributed by atoms with Crippen LogP contribution in [0.5, 0.6) is 0 Å². The topological polar surface area (TPSA) is 87.6 Å². The molecule has 0 spiro atoms. The number of guanidine groups is 1. The normalized spacial score (nSPS) is 13.9. The number of imidazole rings is 1. The Bertz CT molecular complexity index is 911. The molecule has 7 heteroatoms. The number of rotatable bonds is 8. The molecule has 1 aromatic carbocycles. The number of hydrogen-bond donors (Lipinski definition) is 3. The van der Waals surface area contributed by atoms with E-state index in [0.29, 0.717) is 18.3 Å². The summed E-state index contributed by atoms with van der Waals surface area (Å²) in [6, 6.07) is 12.0. The highest BCUT2D eigenvalue weighted by Gasteiger charge is 2.27. The second-order valence-electron chi connectivity index (χ2n) is 7.28. The molecule has 29 heavy (non-hydrogen) atoms. The van der Waals surface area contributed by atoms with Crippen molar-refractivity contribution in [1.29, 1.82) is 0 Å². The number of aryl methyl sites for hydroxylation is 1. The van der Waals surface area contributed by atoms with Crippen LogP contribution in [0.25, 0.3) is 0 Å². The van der Waals surface area contributed by atoms with E-state index in [-0.39, 0.29) is 6.54 Å². The molecule has 0 radical (unpaired) electrons. The van der Waals surface area contributed by atoms with Crippen molar-refractivity contribution in [3.8, 4) is 0 Å². The Morgan fingerprint density at radius 1 is 1.17 bits per heavy atom. The molecule has 0 aliphatic carbocycles. The third-order valence-corrected chi connectivity index (χ3v) is 4.58. The van der Waals surface area contributed by atoms with Gasteiger partial charge in [-0.3, -0.25) is 0 Å². The van der Waals surface area contributed by atoms with Crippen LogP contribution in [0.3, 0.4) is 0 Å². The van der Waals surface area contributed by atoms with Crippen molar-refractivity contribution in [2.75, 3.05) is 13.1 Å². The number of aromatic nitrogens is 2. The molecule has 0 bridgehead atoms. The minimum absolute atomic E-state index is 0.287. The second kappa shape index (κ2) is 9.43. The van der Waals surface area contributed by atoms with Crippen molar-refractivity contribution < 1.29 is 9.52 Å². The van der Waals surface area contributed by atoms with Gasteiger partial charge >= 0.3 is 0 Å². The lowest BCUT2D eigenvalue weighted by Crippen LogP contribution is -2.44. The van der Waals surface area contributed by atoms with Gasteiger partial charge in [-0.25, -0.2) is 9.98 Å². The summed E-state index contributed by atoms with van der Waals surface area (Å²) in [7, 11) is 0. The average molecular weight is 396 g/mol. The molecule has 1 atom stereocenters. The number of benzene rings is 1. The predicted molar refractivity (Wildman–Crippen MR) is 114 cm³/mol. The zero-order valence-electron chi connectivity index (χ0n) is 17.2. The molecule has 2 heterocycles. The average Bonchev–Trinajstić information content (AvgIpc) is 3.37. The highest BCUT2D eigenvalue weighted by Crippen LogP contribution is 2.21. The fraction of sp³-hybridized carbons (Fsp3) is 0.364. The molecule has 2 aromatic heterocycles. The van der Waals surface area contributed by atoms with Crippen molar-refractivity contribution in [2.24, 2.45) is 4.99 Å². The summed E-state index contributed by atoms with van der Waals surface area (Å²) in [6.07, 6.45) is 5.54. The summed E-state index contributed by atoms with van der Waals surface area (Å²) < 4.78 is 7.60. The molecule has 0 aliphatic heterocycles. The highest BCUT2D eigenvalue weighted by atomic mass is 16.4. The van der Waals surface area contributed by atoms with E-state index >= 15 is 0 Å². The monoisotopic (exact) mass is 395 g/mol. The standard InChI is InChI=1S/C22H29N5O2/c1-4-24-21(26-15-22(3,28)20-10-5-17(2)29-20)25-13-18-6-8-19(9-7-18)14-27-12-11-23-16-27/h5-12,16,28H,4,13-15H2,1-3H3,(H2,24,25,26). The molecule has 0 fully saturated rings. The van der Waals surface area contributed by atoms with Gasteiger partial charge in [0.05, 0.1) is 19.4 Å². The van der Waals surface area contributed by atoms with Crippen molar-refractivity contribution in [3.63, 3.8) is 0 Å². The first kappa shape index (κ1) is 20.7. The van der Waals surface area contributed by atoms with E-state index in [4.69, 9.17) is 4.42 Å². The van der Waals surface area contributed by atoms with Gasteiger partial charge in [0.2, 0.25) is 0 Å². The summed E-state index contributed by atoms with van der Waals surface area (Å²) in [6.45, 7) is 7.96. The largest absolute Gasteiger partial charge is 0.463 e. The lowest BCUT2D eigenvalue weighted by atomic mass is 10.0. The smallest absolute Gasteiger partial charge is 0.191 e. The SMILES string of the molecule is CCNC(=NCc1ccc(Cn2ccnc2)cc1)NCC(C)(O)c1ccc(C)o1. The maximum atomic E-state index is 10.7. The number of furan rings is 1. The molecule has 3 rings (SSSR count). The lowest BCUT2D eigenvalue weighted by molar-refractivity contribution is 0.0378. The van der Waals surface area contributed by atoms with Gasteiger partial charge in [0.25, 0.3) is 0 Å². The maximum Gasteiger partial charge on any atom is 0.191 e. The maximum absolute atomic E-state index is 10.7. The van der Waals surface area contributed by atoms with E-state index in [1.165, 1.54) is 5.56 Å². The number of nitrogens with one attached hydrogen (secondary N) is 2. The van der Waals surface area contributed by atoms with E-state index in [0.717, 1.165) is 24.4 Å². The Hall–Kier alpha value is -3.06. The van der Waals surface area contributed by atoms with E-state index < -0.39 is 5.60 Å². The van der Waals surface area contributed by atoms with Crippen LogP contribution in [0.4, 0.5) is 0 Å². The van der Waals surface area contributed by atoms with Gasteiger partial charge in [-0.05, 0) is 44.0 Å².